The van der Waals surface area contributed by atoms with Crippen molar-refractivity contribution in [2.24, 2.45) is 10.6 Å². The van der Waals surface area contributed by atoms with E-state index in [0.29, 0.717) is 12.1 Å². The van der Waals surface area contributed by atoms with Crippen LogP contribution in [0.3, 0.4) is 0 Å². The average Bonchev–Trinajstić information content (AvgIpc) is 2.86. The molecule has 0 radical (unpaired) electrons. The first-order valence-electron chi connectivity index (χ1n) is 6.40. The molecule has 0 saturated carbocycles. The lowest BCUT2D eigenvalue weighted by Gasteiger charge is -2.34. The molecule has 6 nitrogen and oxygen atoms in total. The van der Waals surface area contributed by atoms with Gasteiger partial charge in [-0.25, -0.2) is 13.6 Å². The van der Waals surface area contributed by atoms with E-state index in [1.807, 2.05) is 0 Å². The van der Waals surface area contributed by atoms with Crippen LogP contribution in [-0.4, -0.2) is 34.0 Å². The minimum atomic E-state index is -3.73. The quantitative estimate of drug-likeness (QED) is 0.753. The molecule has 1 aromatic heterocycles. The minimum absolute atomic E-state index is 0.00993. The number of thiophene rings is 1. The third-order valence-electron chi connectivity index (χ3n) is 3.60. The Kier molecular flexibility index (Phi) is 4.48. The maximum atomic E-state index is 12.0. The SMILES string of the molecule is CC1(CNC(=O)c2csc(S(N)(=O)=O)c2)CCNCC1. The molecule has 0 spiro atoms. The second-order valence-electron chi connectivity index (χ2n) is 5.44. The van der Waals surface area contributed by atoms with Crippen molar-refractivity contribution in [2.45, 2.75) is 24.0 Å². The van der Waals surface area contributed by atoms with Crippen LogP contribution in [0.15, 0.2) is 15.7 Å². The zero-order chi connectivity index (χ0) is 14.8. The van der Waals surface area contributed by atoms with E-state index < -0.39 is 10.0 Å². The molecule has 0 aromatic carbocycles. The van der Waals surface area contributed by atoms with Gasteiger partial charge in [-0.2, -0.15) is 0 Å². The maximum absolute atomic E-state index is 12.0. The zero-order valence-electron chi connectivity index (χ0n) is 11.3. The van der Waals surface area contributed by atoms with Gasteiger partial charge in [0.25, 0.3) is 5.91 Å². The van der Waals surface area contributed by atoms with Gasteiger partial charge in [-0.05, 0) is 37.4 Å². The molecule has 1 aliphatic rings. The van der Waals surface area contributed by atoms with Gasteiger partial charge in [0.05, 0.1) is 5.56 Å². The maximum Gasteiger partial charge on any atom is 0.252 e. The highest BCUT2D eigenvalue weighted by atomic mass is 32.2. The van der Waals surface area contributed by atoms with Gasteiger partial charge in [-0.15, -0.1) is 11.3 Å². The van der Waals surface area contributed by atoms with E-state index in [1.54, 1.807) is 0 Å². The van der Waals surface area contributed by atoms with Crippen molar-refractivity contribution < 1.29 is 13.2 Å². The molecule has 2 heterocycles. The fourth-order valence-corrected chi connectivity index (χ4v) is 3.77. The van der Waals surface area contributed by atoms with Gasteiger partial charge < -0.3 is 10.6 Å². The van der Waals surface area contributed by atoms with Crippen LogP contribution in [0.2, 0.25) is 0 Å². The Balaban J connectivity index is 1.97. The minimum Gasteiger partial charge on any atom is -0.351 e. The summed E-state index contributed by atoms with van der Waals surface area (Å²) in [5.74, 6) is -0.254. The number of carbonyl (C=O) groups is 1. The second kappa shape index (κ2) is 5.80. The van der Waals surface area contributed by atoms with E-state index in [9.17, 15) is 13.2 Å². The highest BCUT2D eigenvalue weighted by Gasteiger charge is 2.27. The summed E-state index contributed by atoms with van der Waals surface area (Å²) in [5.41, 5.74) is 0.441. The molecule has 4 N–H and O–H groups in total. The van der Waals surface area contributed by atoms with Crippen molar-refractivity contribution in [3.05, 3.63) is 17.0 Å². The van der Waals surface area contributed by atoms with E-state index >= 15 is 0 Å². The lowest BCUT2D eigenvalue weighted by atomic mass is 9.81. The van der Waals surface area contributed by atoms with Gasteiger partial charge in [-0.1, -0.05) is 6.92 Å². The standard InChI is InChI=1S/C12H19N3O3S2/c1-12(2-4-14-5-3-12)8-15-11(16)9-6-10(19-7-9)20(13,17)18/h6-7,14H,2-5,8H2,1H3,(H,15,16)(H2,13,17,18). The molecule has 1 fully saturated rings. The van der Waals surface area contributed by atoms with Gasteiger partial charge >= 0.3 is 0 Å². The molecule has 0 aliphatic carbocycles. The molecular formula is C12H19N3O3S2. The van der Waals surface area contributed by atoms with Crippen LogP contribution in [0.1, 0.15) is 30.1 Å². The van der Waals surface area contributed by atoms with E-state index in [-0.39, 0.29) is 15.5 Å². The third kappa shape index (κ3) is 3.78. The Morgan fingerprint density at radius 1 is 1.50 bits per heavy atom. The number of amides is 1. The molecular weight excluding hydrogens is 298 g/mol. The summed E-state index contributed by atoms with van der Waals surface area (Å²) >= 11 is 0.962. The average molecular weight is 317 g/mol. The summed E-state index contributed by atoms with van der Waals surface area (Å²) in [6.07, 6.45) is 2.03. The Morgan fingerprint density at radius 3 is 2.70 bits per heavy atom. The van der Waals surface area contributed by atoms with Gasteiger partial charge in [0.2, 0.25) is 10.0 Å². The van der Waals surface area contributed by atoms with Gasteiger partial charge in [0.15, 0.2) is 0 Å². The van der Waals surface area contributed by atoms with Crippen LogP contribution in [0.25, 0.3) is 0 Å². The van der Waals surface area contributed by atoms with Gasteiger partial charge in [0.1, 0.15) is 4.21 Å². The molecule has 1 amide bonds. The number of hydrogen-bond acceptors (Lipinski definition) is 5. The fraction of sp³-hybridized carbons (Fsp3) is 0.583. The van der Waals surface area contributed by atoms with Crippen LogP contribution in [-0.2, 0) is 10.0 Å². The number of primary sulfonamides is 1. The van der Waals surface area contributed by atoms with Crippen LogP contribution in [0.4, 0.5) is 0 Å². The molecule has 1 aliphatic heterocycles. The number of carbonyl (C=O) groups excluding carboxylic acids is 1. The Morgan fingerprint density at radius 2 is 2.15 bits per heavy atom. The molecule has 112 valence electrons. The summed E-state index contributed by atoms with van der Waals surface area (Å²) in [6.45, 7) is 4.66. The fourth-order valence-electron chi connectivity index (χ4n) is 2.19. The van der Waals surface area contributed by atoms with Crippen LogP contribution in [0.5, 0.6) is 0 Å². The number of sulfonamides is 1. The Hall–Kier alpha value is -0.960. The van der Waals surface area contributed by atoms with Crippen LogP contribution < -0.4 is 15.8 Å². The van der Waals surface area contributed by atoms with Crippen LogP contribution >= 0.6 is 11.3 Å². The highest BCUT2D eigenvalue weighted by molar-refractivity contribution is 7.91. The predicted molar refractivity (Wildman–Crippen MR) is 78.2 cm³/mol. The van der Waals surface area contributed by atoms with E-state index in [1.165, 1.54) is 11.4 Å². The van der Waals surface area contributed by atoms with Crippen molar-refractivity contribution in [3.8, 4) is 0 Å². The van der Waals surface area contributed by atoms with Crippen molar-refractivity contribution in [1.29, 1.82) is 0 Å². The topological polar surface area (TPSA) is 101 Å². The van der Waals surface area contributed by atoms with Crippen molar-refractivity contribution in [2.75, 3.05) is 19.6 Å². The van der Waals surface area contributed by atoms with Crippen LogP contribution in [0, 0.1) is 5.41 Å². The van der Waals surface area contributed by atoms with Crippen molar-refractivity contribution in [3.63, 3.8) is 0 Å². The monoisotopic (exact) mass is 317 g/mol. The molecule has 0 unspecified atom stereocenters. The second-order valence-corrected chi connectivity index (χ2v) is 8.14. The molecule has 20 heavy (non-hydrogen) atoms. The van der Waals surface area contributed by atoms with Crippen molar-refractivity contribution in [1.82, 2.24) is 10.6 Å². The zero-order valence-corrected chi connectivity index (χ0v) is 12.9. The van der Waals surface area contributed by atoms with E-state index in [2.05, 4.69) is 17.6 Å². The summed E-state index contributed by atoms with van der Waals surface area (Å²) in [7, 11) is -3.73. The molecule has 8 heteroatoms. The number of nitrogens with one attached hydrogen (secondary N) is 2. The number of piperidine rings is 1. The predicted octanol–water partition coefficient (Wildman–Crippen LogP) is 0.515. The summed E-state index contributed by atoms with van der Waals surface area (Å²) in [5, 5.41) is 12.7. The molecule has 0 atom stereocenters. The lowest BCUT2D eigenvalue weighted by Crippen LogP contribution is -2.42. The largest absolute Gasteiger partial charge is 0.351 e. The first-order chi connectivity index (χ1) is 9.30. The van der Waals surface area contributed by atoms with E-state index in [4.69, 9.17) is 5.14 Å². The normalized spacial score (nSPS) is 18.7. The number of hydrogen-bond donors (Lipinski definition) is 3. The first kappa shape index (κ1) is 15.4. The van der Waals surface area contributed by atoms with E-state index in [0.717, 1.165) is 37.3 Å². The summed E-state index contributed by atoms with van der Waals surface area (Å²) in [4.78, 5) is 12.0. The third-order valence-corrected chi connectivity index (χ3v) is 5.99. The molecule has 1 saturated heterocycles. The highest BCUT2D eigenvalue weighted by Crippen LogP contribution is 2.27. The smallest absolute Gasteiger partial charge is 0.252 e. The summed E-state index contributed by atoms with van der Waals surface area (Å²) in [6, 6.07) is 1.32. The number of nitrogens with two attached hydrogens (primary N) is 1. The first-order valence-corrected chi connectivity index (χ1v) is 8.83. The summed E-state index contributed by atoms with van der Waals surface area (Å²) < 4.78 is 22.4. The van der Waals surface area contributed by atoms with Gasteiger partial charge in [0, 0.05) is 11.9 Å². The van der Waals surface area contributed by atoms with Gasteiger partial charge in [-0.3, -0.25) is 4.79 Å². The number of rotatable bonds is 4. The Labute approximate surface area is 122 Å². The van der Waals surface area contributed by atoms with Crippen molar-refractivity contribution >= 4 is 27.3 Å². The Bertz CT molecular complexity index is 589. The molecule has 1 aromatic rings. The molecule has 0 bridgehead atoms. The lowest BCUT2D eigenvalue weighted by molar-refractivity contribution is 0.0922. The molecule has 2 rings (SSSR count).